The number of halogens is 1. The van der Waals surface area contributed by atoms with Gasteiger partial charge in [0, 0.05) is 47.8 Å². The summed E-state index contributed by atoms with van der Waals surface area (Å²) in [5.74, 6) is 1.39. The number of benzene rings is 2. The first kappa shape index (κ1) is 26.8. The third-order valence-corrected chi connectivity index (χ3v) is 6.96. The summed E-state index contributed by atoms with van der Waals surface area (Å²) in [6.45, 7) is 5.49. The standard InChI is InChI=1S/C30H27FN8O3/c1-3-26(40)37-21-10-22(11-21)39-30-27(29(32)35-16-36-30)28(38-39)19-4-6-23(7-5-19)42-25-9-20(31)8-24(12-25)41-15-18-13-33-17(2)34-14-18/h3-9,12-14,16,21-22H,1,10-11,15H2,2H3,(H,37,40)(H2,32,35,36)/t21-,22+. The van der Waals surface area contributed by atoms with Gasteiger partial charge in [0.2, 0.25) is 5.91 Å². The Labute approximate surface area is 240 Å². The van der Waals surface area contributed by atoms with Gasteiger partial charge in [-0.1, -0.05) is 6.58 Å². The van der Waals surface area contributed by atoms with Crippen molar-refractivity contribution < 1.29 is 18.7 Å². The summed E-state index contributed by atoms with van der Waals surface area (Å²) in [4.78, 5) is 28.5. The van der Waals surface area contributed by atoms with Crippen molar-refractivity contribution in [2.24, 2.45) is 0 Å². The maximum atomic E-state index is 14.3. The van der Waals surface area contributed by atoms with Crippen LogP contribution in [0.15, 0.2) is 73.8 Å². The first-order valence-electron chi connectivity index (χ1n) is 13.3. The molecule has 3 aromatic heterocycles. The molecule has 1 aliphatic carbocycles. The summed E-state index contributed by atoms with van der Waals surface area (Å²) in [7, 11) is 0. The molecule has 1 aliphatic rings. The minimum absolute atomic E-state index is 0.0455. The number of carbonyl (C=O) groups excluding carboxylic acids is 1. The first-order chi connectivity index (χ1) is 20.4. The van der Waals surface area contributed by atoms with Crippen molar-refractivity contribution in [3.63, 3.8) is 0 Å². The van der Waals surface area contributed by atoms with Crippen molar-refractivity contribution in [1.82, 2.24) is 35.0 Å². The first-order valence-corrected chi connectivity index (χ1v) is 13.3. The van der Waals surface area contributed by atoms with Gasteiger partial charge in [-0.05, 0) is 50.1 Å². The monoisotopic (exact) mass is 566 g/mol. The van der Waals surface area contributed by atoms with E-state index in [1.54, 1.807) is 37.5 Å². The number of amides is 1. The lowest BCUT2D eigenvalue weighted by atomic mass is 9.87. The molecule has 5 aromatic rings. The molecule has 12 heteroatoms. The van der Waals surface area contributed by atoms with Gasteiger partial charge < -0.3 is 20.5 Å². The van der Waals surface area contributed by atoms with E-state index in [9.17, 15) is 9.18 Å². The molecule has 0 atom stereocenters. The van der Waals surface area contributed by atoms with Crippen LogP contribution in [0.2, 0.25) is 0 Å². The Hall–Kier alpha value is -5.39. The lowest BCUT2D eigenvalue weighted by Gasteiger charge is -2.35. The summed E-state index contributed by atoms with van der Waals surface area (Å²) in [6, 6.07) is 11.5. The number of nitrogens with two attached hydrogens (primary N) is 1. The van der Waals surface area contributed by atoms with Gasteiger partial charge in [0.25, 0.3) is 0 Å². The largest absolute Gasteiger partial charge is 0.489 e. The fourth-order valence-electron chi connectivity index (χ4n) is 4.77. The molecule has 0 spiro atoms. The number of hydrogen-bond acceptors (Lipinski definition) is 9. The second-order valence-corrected chi connectivity index (χ2v) is 9.96. The van der Waals surface area contributed by atoms with Crippen molar-refractivity contribution >= 4 is 22.8 Å². The Bertz CT molecular complexity index is 1770. The number of ether oxygens (including phenoxy) is 2. The zero-order valence-electron chi connectivity index (χ0n) is 22.7. The van der Waals surface area contributed by atoms with E-state index in [0.29, 0.717) is 52.7 Å². The molecule has 2 aromatic carbocycles. The van der Waals surface area contributed by atoms with E-state index >= 15 is 0 Å². The molecule has 0 aliphatic heterocycles. The Morgan fingerprint density at radius 2 is 1.83 bits per heavy atom. The Morgan fingerprint density at radius 1 is 1.10 bits per heavy atom. The molecule has 3 heterocycles. The number of aryl methyl sites for hydroxylation is 1. The summed E-state index contributed by atoms with van der Waals surface area (Å²) < 4.78 is 27.8. The fraction of sp³-hybridized carbons (Fsp3) is 0.200. The Balaban J connectivity index is 1.19. The molecule has 1 fully saturated rings. The Kier molecular flexibility index (Phi) is 7.17. The van der Waals surface area contributed by atoms with Crippen LogP contribution in [-0.2, 0) is 11.4 Å². The fourth-order valence-corrected chi connectivity index (χ4v) is 4.77. The lowest BCUT2D eigenvalue weighted by molar-refractivity contribution is -0.117. The third kappa shape index (κ3) is 5.59. The predicted molar refractivity (Wildman–Crippen MR) is 153 cm³/mol. The van der Waals surface area contributed by atoms with Crippen LogP contribution in [0.1, 0.15) is 30.3 Å². The van der Waals surface area contributed by atoms with Crippen molar-refractivity contribution in [2.45, 2.75) is 38.5 Å². The number of rotatable bonds is 9. The van der Waals surface area contributed by atoms with Crippen LogP contribution in [0.3, 0.4) is 0 Å². The van der Waals surface area contributed by atoms with E-state index < -0.39 is 5.82 Å². The van der Waals surface area contributed by atoms with Gasteiger partial charge in [-0.2, -0.15) is 5.10 Å². The van der Waals surface area contributed by atoms with Crippen LogP contribution >= 0.6 is 0 Å². The van der Waals surface area contributed by atoms with Crippen molar-refractivity contribution in [2.75, 3.05) is 5.73 Å². The zero-order valence-corrected chi connectivity index (χ0v) is 22.7. The average molecular weight is 567 g/mol. The SMILES string of the molecule is C=CC(=O)N[C@H]1C[C@@H](n2nc(-c3ccc(Oc4cc(F)cc(OCc5cnc(C)nc5)c4)cc3)c3c(N)ncnc32)C1. The van der Waals surface area contributed by atoms with E-state index in [1.165, 1.54) is 24.5 Å². The molecule has 0 bridgehead atoms. The summed E-state index contributed by atoms with van der Waals surface area (Å²) in [5, 5.41) is 8.40. The van der Waals surface area contributed by atoms with E-state index in [2.05, 4.69) is 31.8 Å². The van der Waals surface area contributed by atoms with Crippen LogP contribution in [0, 0.1) is 12.7 Å². The molecule has 11 nitrogen and oxygen atoms in total. The number of anilines is 1. The molecule has 0 unspecified atom stereocenters. The molecule has 1 amide bonds. The summed E-state index contributed by atoms with van der Waals surface area (Å²) in [5.41, 5.74) is 9.06. The topological polar surface area (TPSA) is 143 Å². The number of fused-ring (bicyclic) bond motifs is 1. The molecule has 6 rings (SSSR count). The molecule has 0 saturated heterocycles. The van der Waals surface area contributed by atoms with E-state index in [1.807, 2.05) is 16.8 Å². The number of carbonyl (C=O) groups is 1. The third-order valence-electron chi connectivity index (χ3n) is 6.96. The van der Waals surface area contributed by atoms with Crippen molar-refractivity contribution in [1.29, 1.82) is 0 Å². The number of nitrogen functional groups attached to an aromatic ring is 1. The van der Waals surface area contributed by atoms with Gasteiger partial charge in [-0.15, -0.1) is 0 Å². The molecule has 212 valence electrons. The average Bonchev–Trinajstić information content (AvgIpc) is 3.35. The second-order valence-electron chi connectivity index (χ2n) is 9.96. The van der Waals surface area contributed by atoms with Gasteiger partial charge in [0.15, 0.2) is 5.65 Å². The number of aromatic nitrogens is 6. The van der Waals surface area contributed by atoms with E-state index in [0.717, 1.165) is 11.1 Å². The van der Waals surface area contributed by atoms with Gasteiger partial charge in [-0.3, -0.25) is 4.79 Å². The summed E-state index contributed by atoms with van der Waals surface area (Å²) in [6.07, 6.45) is 7.44. The minimum Gasteiger partial charge on any atom is -0.489 e. The van der Waals surface area contributed by atoms with Crippen molar-refractivity contribution in [3.05, 3.63) is 91.0 Å². The molecule has 0 radical (unpaired) electrons. The second kappa shape index (κ2) is 11.2. The van der Waals surface area contributed by atoms with Crippen LogP contribution in [0.4, 0.5) is 10.2 Å². The van der Waals surface area contributed by atoms with Gasteiger partial charge >= 0.3 is 0 Å². The maximum absolute atomic E-state index is 14.3. The highest BCUT2D eigenvalue weighted by molar-refractivity contribution is 5.98. The molecule has 42 heavy (non-hydrogen) atoms. The highest BCUT2D eigenvalue weighted by Crippen LogP contribution is 2.38. The summed E-state index contributed by atoms with van der Waals surface area (Å²) >= 11 is 0. The van der Waals surface area contributed by atoms with Crippen LogP contribution in [-0.4, -0.2) is 41.7 Å². The zero-order chi connectivity index (χ0) is 29.2. The molecular formula is C30H27FN8O3. The van der Waals surface area contributed by atoms with E-state index in [4.69, 9.17) is 20.3 Å². The number of hydrogen-bond donors (Lipinski definition) is 2. The van der Waals surface area contributed by atoms with Gasteiger partial charge in [-0.25, -0.2) is 29.0 Å². The number of nitrogens with one attached hydrogen (secondary N) is 1. The van der Waals surface area contributed by atoms with Crippen LogP contribution in [0.5, 0.6) is 17.2 Å². The molecule has 1 saturated carbocycles. The van der Waals surface area contributed by atoms with Crippen LogP contribution in [0.25, 0.3) is 22.3 Å². The molecular weight excluding hydrogens is 539 g/mol. The maximum Gasteiger partial charge on any atom is 0.243 e. The van der Waals surface area contributed by atoms with Gasteiger partial charge in [0.1, 0.15) is 53.3 Å². The molecule has 3 N–H and O–H groups in total. The predicted octanol–water partition coefficient (Wildman–Crippen LogP) is 4.69. The van der Waals surface area contributed by atoms with Crippen molar-refractivity contribution in [3.8, 4) is 28.5 Å². The van der Waals surface area contributed by atoms with Crippen LogP contribution < -0.4 is 20.5 Å². The smallest absolute Gasteiger partial charge is 0.243 e. The quantitative estimate of drug-likeness (QED) is 0.243. The number of nitrogens with zero attached hydrogens (tertiary/aromatic N) is 6. The highest BCUT2D eigenvalue weighted by atomic mass is 19.1. The highest BCUT2D eigenvalue weighted by Gasteiger charge is 2.34. The minimum atomic E-state index is -0.492. The Morgan fingerprint density at radius 3 is 2.57 bits per heavy atom. The van der Waals surface area contributed by atoms with Gasteiger partial charge in [0.05, 0.1) is 11.4 Å². The van der Waals surface area contributed by atoms with E-state index in [-0.39, 0.29) is 30.3 Å². The lowest BCUT2D eigenvalue weighted by Crippen LogP contribution is -2.44. The normalized spacial score (nSPS) is 16.0.